The number of aromatic nitrogens is 3. The molecule has 3 heterocycles. The van der Waals surface area contributed by atoms with Gasteiger partial charge in [0.25, 0.3) is 5.56 Å². The number of fused-ring (bicyclic) bond motifs is 1. The summed E-state index contributed by atoms with van der Waals surface area (Å²) in [5.74, 6) is -0.0478. The molecular formula is C21H23N5O2. The van der Waals surface area contributed by atoms with Crippen molar-refractivity contribution in [3.05, 3.63) is 70.5 Å². The van der Waals surface area contributed by atoms with Crippen molar-refractivity contribution in [3.8, 4) is 0 Å². The predicted molar refractivity (Wildman–Crippen MR) is 107 cm³/mol. The van der Waals surface area contributed by atoms with Crippen molar-refractivity contribution >= 4 is 16.8 Å². The Bertz CT molecular complexity index is 1040. The number of hydrogen-bond donors (Lipinski definition) is 0. The van der Waals surface area contributed by atoms with Crippen molar-refractivity contribution in [2.75, 3.05) is 26.2 Å². The van der Waals surface area contributed by atoms with E-state index in [1.165, 1.54) is 10.9 Å². The normalized spacial score (nSPS) is 15.1. The highest BCUT2D eigenvalue weighted by atomic mass is 16.2. The summed E-state index contributed by atoms with van der Waals surface area (Å²) >= 11 is 0. The van der Waals surface area contributed by atoms with Gasteiger partial charge in [-0.3, -0.25) is 24.0 Å². The fourth-order valence-corrected chi connectivity index (χ4v) is 3.57. The van der Waals surface area contributed by atoms with Crippen LogP contribution in [0, 0.1) is 6.92 Å². The molecule has 0 spiro atoms. The van der Waals surface area contributed by atoms with Crippen LogP contribution >= 0.6 is 0 Å². The third-order valence-corrected chi connectivity index (χ3v) is 5.20. The highest BCUT2D eigenvalue weighted by Gasteiger charge is 2.22. The van der Waals surface area contributed by atoms with Crippen molar-refractivity contribution in [3.63, 3.8) is 0 Å². The van der Waals surface area contributed by atoms with E-state index in [1.807, 2.05) is 42.2 Å². The summed E-state index contributed by atoms with van der Waals surface area (Å²) < 4.78 is 1.41. The van der Waals surface area contributed by atoms with Crippen LogP contribution in [0.1, 0.15) is 11.3 Å². The SMILES string of the molecule is Cc1cccc2c(=O)n(CC(=O)N3CCN(Cc4ccccn4)CC3)cnc12. The number of para-hydroxylation sites is 1. The van der Waals surface area contributed by atoms with E-state index in [4.69, 9.17) is 0 Å². The van der Waals surface area contributed by atoms with Crippen molar-refractivity contribution in [2.24, 2.45) is 0 Å². The van der Waals surface area contributed by atoms with Gasteiger partial charge in [0.15, 0.2) is 0 Å². The number of pyridine rings is 1. The molecule has 0 aliphatic carbocycles. The van der Waals surface area contributed by atoms with E-state index in [1.54, 1.807) is 12.3 Å². The number of aryl methyl sites for hydroxylation is 1. The van der Waals surface area contributed by atoms with E-state index < -0.39 is 0 Å². The molecule has 0 bridgehead atoms. The van der Waals surface area contributed by atoms with E-state index in [-0.39, 0.29) is 18.0 Å². The second-order valence-electron chi connectivity index (χ2n) is 7.13. The summed E-state index contributed by atoms with van der Waals surface area (Å²) in [5, 5.41) is 0.551. The molecule has 28 heavy (non-hydrogen) atoms. The lowest BCUT2D eigenvalue weighted by atomic mass is 10.1. The van der Waals surface area contributed by atoms with Crippen LogP contribution in [0.5, 0.6) is 0 Å². The second kappa shape index (κ2) is 7.90. The van der Waals surface area contributed by atoms with Gasteiger partial charge in [0.2, 0.25) is 5.91 Å². The molecule has 1 saturated heterocycles. The molecule has 0 radical (unpaired) electrons. The number of rotatable bonds is 4. The Morgan fingerprint density at radius 2 is 1.86 bits per heavy atom. The molecule has 1 aliphatic rings. The lowest BCUT2D eigenvalue weighted by molar-refractivity contribution is -0.133. The molecule has 0 N–H and O–H groups in total. The van der Waals surface area contributed by atoms with E-state index >= 15 is 0 Å². The van der Waals surface area contributed by atoms with Gasteiger partial charge in [0.1, 0.15) is 6.54 Å². The average molecular weight is 377 g/mol. The van der Waals surface area contributed by atoms with Gasteiger partial charge in [-0.2, -0.15) is 0 Å². The fourth-order valence-electron chi connectivity index (χ4n) is 3.57. The first-order valence-electron chi connectivity index (χ1n) is 9.46. The van der Waals surface area contributed by atoms with Gasteiger partial charge in [-0.05, 0) is 30.7 Å². The van der Waals surface area contributed by atoms with Crippen LogP contribution in [-0.2, 0) is 17.9 Å². The molecule has 1 fully saturated rings. The summed E-state index contributed by atoms with van der Waals surface area (Å²) in [6.07, 6.45) is 3.28. The maximum atomic E-state index is 12.7. The maximum Gasteiger partial charge on any atom is 0.261 e. The van der Waals surface area contributed by atoms with Crippen LogP contribution < -0.4 is 5.56 Å². The number of benzene rings is 1. The Kier molecular flexibility index (Phi) is 5.16. The molecule has 4 rings (SSSR count). The number of piperazine rings is 1. The van der Waals surface area contributed by atoms with Crippen LogP contribution in [0.15, 0.2) is 53.7 Å². The fraction of sp³-hybridized carbons (Fsp3) is 0.333. The molecule has 0 unspecified atom stereocenters. The molecule has 7 heteroatoms. The highest BCUT2D eigenvalue weighted by molar-refractivity contribution is 5.81. The lowest BCUT2D eigenvalue weighted by Gasteiger charge is -2.34. The third-order valence-electron chi connectivity index (χ3n) is 5.20. The zero-order valence-electron chi connectivity index (χ0n) is 15.9. The molecule has 1 amide bonds. The molecule has 144 valence electrons. The lowest BCUT2D eigenvalue weighted by Crippen LogP contribution is -2.49. The Hall–Kier alpha value is -3.06. The van der Waals surface area contributed by atoms with E-state index in [0.29, 0.717) is 24.0 Å². The second-order valence-corrected chi connectivity index (χ2v) is 7.13. The van der Waals surface area contributed by atoms with Gasteiger partial charge in [0, 0.05) is 38.9 Å². The minimum Gasteiger partial charge on any atom is -0.339 e. The zero-order valence-corrected chi connectivity index (χ0v) is 15.9. The van der Waals surface area contributed by atoms with Crippen LogP contribution in [-0.4, -0.2) is 56.4 Å². The summed E-state index contributed by atoms with van der Waals surface area (Å²) in [6.45, 7) is 5.64. The average Bonchev–Trinajstić information content (AvgIpc) is 2.72. The first-order chi connectivity index (χ1) is 13.6. The molecule has 2 aromatic heterocycles. The van der Waals surface area contributed by atoms with Gasteiger partial charge < -0.3 is 4.90 Å². The highest BCUT2D eigenvalue weighted by Crippen LogP contribution is 2.12. The standard InChI is InChI=1S/C21H23N5O2/c1-16-5-4-7-18-20(16)23-15-26(21(18)28)14-19(27)25-11-9-24(10-12-25)13-17-6-2-3-8-22-17/h2-8,15H,9-14H2,1H3. The Balaban J connectivity index is 1.39. The Morgan fingerprint density at radius 1 is 1.04 bits per heavy atom. The third kappa shape index (κ3) is 3.80. The number of hydrogen-bond acceptors (Lipinski definition) is 5. The van der Waals surface area contributed by atoms with Gasteiger partial charge in [-0.1, -0.05) is 18.2 Å². The number of carbonyl (C=O) groups excluding carboxylic acids is 1. The predicted octanol–water partition coefficient (Wildman–Crippen LogP) is 1.44. The smallest absolute Gasteiger partial charge is 0.261 e. The quantitative estimate of drug-likeness (QED) is 0.688. The summed E-state index contributed by atoms with van der Waals surface area (Å²) in [6, 6.07) is 11.4. The molecule has 7 nitrogen and oxygen atoms in total. The number of carbonyl (C=O) groups is 1. The molecule has 1 aromatic carbocycles. The molecular weight excluding hydrogens is 354 g/mol. The largest absolute Gasteiger partial charge is 0.339 e. The summed E-state index contributed by atoms with van der Waals surface area (Å²) in [5.41, 5.74) is 2.51. The summed E-state index contributed by atoms with van der Waals surface area (Å²) in [4.78, 5) is 38.2. The first kappa shape index (κ1) is 18.3. The Morgan fingerprint density at radius 3 is 2.61 bits per heavy atom. The Labute approximate surface area is 163 Å². The van der Waals surface area contributed by atoms with E-state index in [2.05, 4.69) is 14.9 Å². The van der Waals surface area contributed by atoms with Gasteiger partial charge in [0.05, 0.1) is 22.9 Å². The van der Waals surface area contributed by atoms with E-state index in [0.717, 1.165) is 30.9 Å². The molecule has 0 atom stereocenters. The minimum atomic E-state index is -0.171. The number of nitrogens with zero attached hydrogens (tertiary/aromatic N) is 5. The molecule has 0 saturated carbocycles. The maximum absolute atomic E-state index is 12.7. The zero-order chi connectivity index (χ0) is 19.5. The molecule has 3 aromatic rings. The van der Waals surface area contributed by atoms with Gasteiger partial charge in [-0.15, -0.1) is 0 Å². The first-order valence-corrected chi connectivity index (χ1v) is 9.46. The van der Waals surface area contributed by atoms with Crippen molar-refractivity contribution in [2.45, 2.75) is 20.0 Å². The van der Waals surface area contributed by atoms with Crippen LogP contribution in [0.2, 0.25) is 0 Å². The minimum absolute atomic E-state index is 0.0238. The van der Waals surface area contributed by atoms with Gasteiger partial charge >= 0.3 is 0 Å². The van der Waals surface area contributed by atoms with Crippen LogP contribution in [0.4, 0.5) is 0 Å². The van der Waals surface area contributed by atoms with E-state index in [9.17, 15) is 9.59 Å². The summed E-state index contributed by atoms with van der Waals surface area (Å²) in [7, 11) is 0. The van der Waals surface area contributed by atoms with Crippen molar-refractivity contribution in [1.82, 2.24) is 24.3 Å². The van der Waals surface area contributed by atoms with Crippen molar-refractivity contribution < 1.29 is 4.79 Å². The van der Waals surface area contributed by atoms with Gasteiger partial charge in [-0.25, -0.2) is 4.98 Å². The van der Waals surface area contributed by atoms with Crippen LogP contribution in [0.25, 0.3) is 10.9 Å². The van der Waals surface area contributed by atoms with Crippen LogP contribution in [0.3, 0.4) is 0 Å². The number of amides is 1. The topological polar surface area (TPSA) is 71.3 Å². The van der Waals surface area contributed by atoms with Crippen molar-refractivity contribution in [1.29, 1.82) is 0 Å². The molecule has 1 aliphatic heterocycles. The monoisotopic (exact) mass is 377 g/mol.